The molecule has 0 aromatic carbocycles. The Labute approximate surface area is 322 Å². The zero-order chi connectivity index (χ0) is 39.3. The molecule has 53 heavy (non-hydrogen) atoms. The van der Waals surface area contributed by atoms with Crippen LogP contribution in [0.4, 0.5) is 0 Å². The monoisotopic (exact) mass is 779 g/mol. The van der Waals surface area contributed by atoms with Gasteiger partial charge in [-0.05, 0) is 44.7 Å². The van der Waals surface area contributed by atoms with E-state index in [-0.39, 0.29) is 13.0 Å². The van der Waals surface area contributed by atoms with Gasteiger partial charge in [0.1, 0.15) is 25.4 Å². The van der Waals surface area contributed by atoms with Crippen molar-refractivity contribution >= 4 is 19.8 Å². The smallest absolute Gasteiger partial charge is 0.472 e. The van der Waals surface area contributed by atoms with E-state index in [1.807, 2.05) is 6.08 Å². The van der Waals surface area contributed by atoms with Crippen LogP contribution in [0.15, 0.2) is 12.3 Å². The van der Waals surface area contributed by atoms with Gasteiger partial charge < -0.3 is 35.7 Å². The molecule has 0 spiro atoms. The van der Waals surface area contributed by atoms with Crippen LogP contribution < -0.4 is 11.5 Å². The van der Waals surface area contributed by atoms with Crippen LogP contribution in [0.25, 0.3) is 0 Å². The van der Waals surface area contributed by atoms with Crippen LogP contribution in [0, 0.1) is 0 Å². The average Bonchev–Trinajstić information content (AvgIpc) is 3.14. The third-order valence-electron chi connectivity index (χ3n) is 9.03. The van der Waals surface area contributed by atoms with Gasteiger partial charge in [-0.1, -0.05) is 142 Å². The van der Waals surface area contributed by atoms with Crippen molar-refractivity contribution in [2.75, 3.05) is 33.0 Å². The lowest BCUT2D eigenvalue weighted by Crippen LogP contribution is -2.35. The Hall–Kier alpha value is -1.53. The van der Waals surface area contributed by atoms with Gasteiger partial charge in [0.25, 0.3) is 0 Å². The summed E-state index contributed by atoms with van der Waals surface area (Å²) in [5.41, 5.74) is 11.2. The van der Waals surface area contributed by atoms with Gasteiger partial charge in [-0.3, -0.25) is 18.6 Å². The molecule has 4 atom stereocenters. The third-order valence-corrected chi connectivity index (χ3v) is 9.98. The van der Waals surface area contributed by atoms with Crippen molar-refractivity contribution in [3.63, 3.8) is 0 Å². The maximum Gasteiger partial charge on any atom is 0.472 e. The van der Waals surface area contributed by atoms with Crippen LogP contribution in [0.3, 0.4) is 0 Å². The molecule has 314 valence electrons. The van der Waals surface area contributed by atoms with E-state index in [1.54, 1.807) is 6.26 Å². The quantitative estimate of drug-likeness (QED) is 0.0200. The largest absolute Gasteiger partial charge is 0.498 e. The highest BCUT2D eigenvalue weighted by atomic mass is 31.2. The van der Waals surface area contributed by atoms with E-state index in [2.05, 4.69) is 13.8 Å². The summed E-state index contributed by atoms with van der Waals surface area (Å²) in [5, 5.41) is 10.1. The molecule has 0 aromatic heterocycles. The Bertz CT molecular complexity index is 926. The van der Waals surface area contributed by atoms with E-state index in [1.165, 1.54) is 96.3 Å². The second kappa shape index (κ2) is 37.4. The summed E-state index contributed by atoms with van der Waals surface area (Å²) in [6.45, 7) is 3.33. The standard InChI is InChI=1S/C40H79N2O10P/c1-3-5-7-9-11-13-15-17-19-21-23-27-31-48-34-37(52-39(44)29-24-22-20-18-16-14-12-10-8-6-4-2)35-51-53(46,47)50-33-36(43)32-49-40(45)38(42)28-25-26-30-41/h27,31,36-38,43H,3-26,28-30,32-35,41-42H2,1-2H3,(H,46,47)/b31-27-/t36?,37-,38+/m1/s1. The predicted octanol–water partition coefficient (Wildman–Crippen LogP) is 8.93. The molecule has 6 N–H and O–H groups in total. The molecule has 0 aliphatic carbocycles. The fraction of sp³-hybridized carbons (Fsp3) is 0.900. The molecule has 0 aromatic rings. The Balaban J connectivity index is 4.63. The first-order valence-corrected chi connectivity index (χ1v) is 22.5. The molecule has 0 heterocycles. The molecular weight excluding hydrogens is 699 g/mol. The molecular formula is C40H79N2O10P. The van der Waals surface area contributed by atoms with Gasteiger partial charge in [0.2, 0.25) is 0 Å². The van der Waals surface area contributed by atoms with Gasteiger partial charge in [0.05, 0.1) is 19.5 Å². The van der Waals surface area contributed by atoms with Gasteiger partial charge in [0.15, 0.2) is 6.10 Å². The number of ether oxygens (including phenoxy) is 3. The molecule has 0 saturated heterocycles. The van der Waals surface area contributed by atoms with Gasteiger partial charge in [-0.2, -0.15) is 0 Å². The van der Waals surface area contributed by atoms with Gasteiger partial charge >= 0.3 is 19.8 Å². The topological polar surface area (TPSA) is 190 Å². The molecule has 2 unspecified atom stereocenters. The highest BCUT2D eigenvalue weighted by Gasteiger charge is 2.27. The Morgan fingerprint density at radius 2 is 1.19 bits per heavy atom. The van der Waals surface area contributed by atoms with E-state index >= 15 is 0 Å². The SMILES string of the molecule is CCCCCCCCCCCC/C=C\OC[C@H](COP(=O)(O)OCC(O)COC(=O)[C@@H](N)CCCCN)OC(=O)CCCCCCCCCCCCC. The number of nitrogens with two attached hydrogens (primary N) is 2. The van der Waals surface area contributed by atoms with Crippen molar-refractivity contribution in [2.24, 2.45) is 11.5 Å². The number of phosphoric acid groups is 1. The van der Waals surface area contributed by atoms with Crippen LogP contribution in [0.5, 0.6) is 0 Å². The van der Waals surface area contributed by atoms with Crippen molar-refractivity contribution in [3.05, 3.63) is 12.3 Å². The number of hydrogen-bond donors (Lipinski definition) is 4. The fourth-order valence-corrected chi connectivity index (χ4v) is 6.49. The summed E-state index contributed by atoms with van der Waals surface area (Å²) in [7, 11) is -4.65. The van der Waals surface area contributed by atoms with Crippen molar-refractivity contribution in [3.8, 4) is 0 Å². The van der Waals surface area contributed by atoms with E-state index < -0.39 is 57.8 Å². The van der Waals surface area contributed by atoms with E-state index in [0.29, 0.717) is 25.8 Å². The number of carbonyl (C=O) groups is 2. The first kappa shape index (κ1) is 51.5. The molecule has 0 radical (unpaired) electrons. The number of unbranched alkanes of at least 4 members (excludes halogenated alkanes) is 21. The molecule has 13 heteroatoms. The van der Waals surface area contributed by atoms with Crippen LogP contribution in [-0.2, 0) is 37.4 Å². The van der Waals surface area contributed by atoms with Crippen LogP contribution >= 0.6 is 7.82 Å². The molecule has 0 saturated carbocycles. The summed E-state index contributed by atoms with van der Waals surface area (Å²) in [4.78, 5) is 34.9. The minimum atomic E-state index is -4.65. The molecule has 0 fully saturated rings. The molecule has 0 rings (SSSR count). The first-order valence-electron chi connectivity index (χ1n) is 21.0. The first-order chi connectivity index (χ1) is 25.6. The van der Waals surface area contributed by atoms with Crippen LogP contribution in [-0.4, -0.2) is 73.2 Å². The second-order valence-electron chi connectivity index (χ2n) is 14.3. The van der Waals surface area contributed by atoms with Gasteiger partial charge in [-0.25, -0.2) is 4.57 Å². The van der Waals surface area contributed by atoms with E-state index in [0.717, 1.165) is 44.9 Å². The number of aliphatic hydroxyl groups excluding tert-OH is 1. The highest BCUT2D eigenvalue weighted by molar-refractivity contribution is 7.47. The van der Waals surface area contributed by atoms with Crippen molar-refractivity contribution < 1.29 is 47.4 Å². The zero-order valence-electron chi connectivity index (χ0n) is 33.6. The van der Waals surface area contributed by atoms with E-state index in [9.17, 15) is 24.2 Å². The van der Waals surface area contributed by atoms with E-state index in [4.69, 9.17) is 34.7 Å². The molecule has 0 aliphatic heterocycles. The maximum atomic E-state index is 12.6. The Morgan fingerprint density at radius 1 is 0.679 bits per heavy atom. The number of aliphatic hydroxyl groups is 1. The zero-order valence-corrected chi connectivity index (χ0v) is 34.5. The molecule has 12 nitrogen and oxygen atoms in total. The predicted molar refractivity (Wildman–Crippen MR) is 212 cm³/mol. The van der Waals surface area contributed by atoms with Gasteiger partial charge in [0, 0.05) is 6.42 Å². The number of phosphoric ester groups is 1. The van der Waals surface area contributed by atoms with Crippen LogP contribution in [0.2, 0.25) is 0 Å². The lowest BCUT2D eigenvalue weighted by Gasteiger charge is -2.20. The Kier molecular flexibility index (Phi) is 36.3. The number of carbonyl (C=O) groups excluding carboxylic acids is 2. The number of esters is 2. The van der Waals surface area contributed by atoms with Gasteiger partial charge in [-0.15, -0.1) is 0 Å². The highest BCUT2D eigenvalue weighted by Crippen LogP contribution is 2.43. The summed E-state index contributed by atoms with van der Waals surface area (Å²) in [5.74, 6) is -1.13. The second-order valence-corrected chi connectivity index (χ2v) is 15.8. The molecule has 0 amide bonds. The average molecular weight is 779 g/mol. The minimum Gasteiger partial charge on any atom is -0.498 e. The number of allylic oxidation sites excluding steroid dienone is 1. The Morgan fingerprint density at radius 3 is 1.74 bits per heavy atom. The molecule has 0 aliphatic rings. The van der Waals surface area contributed by atoms with Crippen molar-refractivity contribution in [2.45, 2.75) is 199 Å². The van der Waals surface area contributed by atoms with Crippen LogP contribution in [0.1, 0.15) is 181 Å². The summed E-state index contributed by atoms with van der Waals surface area (Å²) < 4.78 is 38.7. The number of hydrogen-bond acceptors (Lipinski definition) is 11. The summed E-state index contributed by atoms with van der Waals surface area (Å²) in [6, 6.07) is -0.853. The normalized spacial score (nSPS) is 14.5. The lowest BCUT2D eigenvalue weighted by molar-refractivity contribution is -0.153. The van der Waals surface area contributed by atoms with Crippen molar-refractivity contribution in [1.82, 2.24) is 0 Å². The minimum absolute atomic E-state index is 0.0668. The molecule has 0 bridgehead atoms. The third kappa shape index (κ3) is 35.9. The van der Waals surface area contributed by atoms with Crippen molar-refractivity contribution in [1.29, 1.82) is 0 Å². The lowest BCUT2D eigenvalue weighted by atomic mass is 10.1. The summed E-state index contributed by atoms with van der Waals surface area (Å²) in [6.07, 6.45) is 29.5. The summed E-state index contributed by atoms with van der Waals surface area (Å²) >= 11 is 0. The maximum absolute atomic E-state index is 12.6. The number of rotatable bonds is 40. The fourth-order valence-electron chi connectivity index (χ4n) is 5.70.